The van der Waals surface area contributed by atoms with Crippen molar-refractivity contribution >= 4 is 22.6 Å². The smallest absolute Gasteiger partial charge is 0.306 e. The lowest BCUT2D eigenvalue weighted by Gasteiger charge is -2.14. The topological polar surface area (TPSA) is 62.2 Å². The minimum atomic E-state index is -0.685. The Labute approximate surface area is 111 Å². The number of anilines is 1. The predicted molar refractivity (Wildman–Crippen MR) is 74.1 cm³/mol. The van der Waals surface area contributed by atoms with E-state index in [2.05, 4.69) is 16.4 Å². The molecule has 3 rings (SSSR count). The maximum absolute atomic E-state index is 11.0. The van der Waals surface area contributed by atoms with Crippen LogP contribution in [0.4, 0.5) is 5.82 Å². The van der Waals surface area contributed by atoms with E-state index in [1.165, 1.54) is 0 Å². The average molecular weight is 256 g/mol. The third-order valence-corrected chi connectivity index (χ3v) is 3.80. The summed E-state index contributed by atoms with van der Waals surface area (Å²) < 4.78 is 0. The molecule has 1 heterocycles. The highest BCUT2D eigenvalue weighted by molar-refractivity contribution is 5.91. The van der Waals surface area contributed by atoms with Gasteiger partial charge in [0.1, 0.15) is 5.82 Å². The van der Waals surface area contributed by atoms with Crippen LogP contribution >= 0.6 is 0 Å². The van der Waals surface area contributed by atoms with Gasteiger partial charge in [0.25, 0.3) is 0 Å². The molecule has 2 unspecified atom stereocenters. The van der Waals surface area contributed by atoms with Crippen molar-refractivity contribution in [3.63, 3.8) is 0 Å². The molecule has 98 valence electrons. The zero-order valence-corrected chi connectivity index (χ0v) is 10.5. The summed E-state index contributed by atoms with van der Waals surface area (Å²) >= 11 is 0. The van der Waals surface area contributed by atoms with Crippen LogP contribution in [-0.4, -0.2) is 22.1 Å². The molecule has 0 spiro atoms. The summed E-state index contributed by atoms with van der Waals surface area (Å²) in [6.07, 6.45) is 4.11. The monoisotopic (exact) mass is 256 g/mol. The normalized spacial score (nSPS) is 22.5. The third-order valence-electron chi connectivity index (χ3n) is 3.80. The van der Waals surface area contributed by atoms with Crippen molar-refractivity contribution in [3.8, 4) is 0 Å². The number of hydrogen-bond acceptors (Lipinski definition) is 3. The number of nitrogens with zero attached hydrogens (tertiary/aromatic N) is 1. The fraction of sp³-hybridized carbons (Fsp3) is 0.333. The number of pyridine rings is 1. The summed E-state index contributed by atoms with van der Waals surface area (Å²) in [6.45, 7) is 0. The van der Waals surface area contributed by atoms with Gasteiger partial charge in [-0.25, -0.2) is 4.98 Å². The molecule has 2 atom stereocenters. The Morgan fingerprint density at radius 2 is 2.11 bits per heavy atom. The molecule has 0 saturated heterocycles. The highest BCUT2D eigenvalue weighted by Gasteiger charge is 2.29. The van der Waals surface area contributed by atoms with Crippen LogP contribution in [0.2, 0.25) is 0 Å². The zero-order valence-electron chi connectivity index (χ0n) is 10.5. The van der Waals surface area contributed by atoms with Crippen LogP contribution < -0.4 is 5.32 Å². The van der Waals surface area contributed by atoms with Crippen molar-refractivity contribution in [1.29, 1.82) is 0 Å². The van der Waals surface area contributed by atoms with E-state index in [1.807, 2.05) is 24.3 Å². The van der Waals surface area contributed by atoms with E-state index in [0.717, 1.165) is 29.4 Å². The first-order chi connectivity index (χ1) is 9.24. The summed E-state index contributed by atoms with van der Waals surface area (Å²) in [5.41, 5.74) is 0. The highest BCUT2D eigenvalue weighted by Crippen LogP contribution is 2.29. The van der Waals surface area contributed by atoms with E-state index < -0.39 is 5.97 Å². The molecule has 1 saturated carbocycles. The highest BCUT2D eigenvalue weighted by atomic mass is 16.4. The van der Waals surface area contributed by atoms with Gasteiger partial charge in [0, 0.05) is 17.6 Å². The molecule has 0 bridgehead atoms. The number of rotatable bonds is 3. The van der Waals surface area contributed by atoms with Crippen LogP contribution in [0.25, 0.3) is 10.8 Å². The van der Waals surface area contributed by atoms with Crippen LogP contribution in [0.5, 0.6) is 0 Å². The molecule has 1 fully saturated rings. The lowest BCUT2D eigenvalue weighted by atomic mass is 10.1. The Morgan fingerprint density at radius 3 is 2.89 bits per heavy atom. The number of carboxylic acid groups (broad SMARTS) is 1. The molecule has 0 aliphatic heterocycles. The molecule has 2 N–H and O–H groups in total. The van der Waals surface area contributed by atoms with Gasteiger partial charge < -0.3 is 10.4 Å². The number of hydrogen-bond donors (Lipinski definition) is 2. The van der Waals surface area contributed by atoms with Gasteiger partial charge in [-0.1, -0.05) is 24.3 Å². The fourth-order valence-corrected chi connectivity index (χ4v) is 2.76. The summed E-state index contributed by atoms with van der Waals surface area (Å²) in [7, 11) is 0. The number of nitrogens with one attached hydrogen (secondary N) is 1. The molecule has 0 radical (unpaired) electrons. The van der Waals surface area contributed by atoms with Crippen molar-refractivity contribution in [2.75, 3.05) is 5.32 Å². The second-order valence-corrected chi connectivity index (χ2v) is 5.07. The van der Waals surface area contributed by atoms with Gasteiger partial charge in [-0.2, -0.15) is 0 Å². The van der Waals surface area contributed by atoms with Crippen LogP contribution in [-0.2, 0) is 4.79 Å². The summed E-state index contributed by atoms with van der Waals surface area (Å²) in [4.78, 5) is 15.4. The van der Waals surface area contributed by atoms with Gasteiger partial charge in [-0.3, -0.25) is 4.79 Å². The maximum atomic E-state index is 11.0. The standard InChI is InChI=1S/C15H16N2O2/c18-15(19)11-5-6-12(9-11)17-14-13-4-2-1-3-10(13)7-8-16-14/h1-4,7-8,11-12H,5-6,9H2,(H,16,17)(H,18,19). The van der Waals surface area contributed by atoms with Crippen molar-refractivity contribution in [1.82, 2.24) is 4.98 Å². The van der Waals surface area contributed by atoms with Gasteiger partial charge in [0.05, 0.1) is 5.92 Å². The molecule has 1 aromatic heterocycles. The Morgan fingerprint density at radius 1 is 1.26 bits per heavy atom. The van der Waals surface area contributed by atoms with Gasteiger partial charge in [-0.05, 0) is 30.7 Å². The number of benzene rings is 1. The van der Waals surface area contributed by atoms with E-state index >= 15 is 0 Å². The Bertz CT molecular complexity index is 607. The van der Waals surface area contributed by atoms with Gasteiger partial charge in [0.2, 0.25) is 0 Å². The largest absolute Gasteiger partial charge is 0.481 e. The molecular formula is C15H16N2O2. The minimum Gasteiger partial charge on any atom is -0.481 e. The second-order valence-electron chi connectivity index (χ2n) is 5.07. The molecule has 4 heteroatoms. The molecular weight excluding hydrogens is 240 g/mol. The Balaban J connectivity index is 1.81. The van der Waals surface area contributed by atoms with Crippen molar-refractivity contribution < 1.29 is 9.90 Å². The van der Waals surface area contributed by atoms with Crippen LogP contribution in [0.15, 0.2) is 36.5 Å². The molecule has 0 amide bonds. The van der Waals surface area contributed by atoms with Crippen LogP contribution in [0.3, 0.4) is 0 Å². The van der Waals surface area contributed by atoms with E-state index in [1.54, 1.807) is 6.20 Å². The quantitative estimate of drug-likeness (QED) is 0.886. The number of fused-ring (bicyclic) bond motifs is 1. The number of aromatic nitrogens is 1. The van der Waals surface area contributed by atoms with Crippen molar-refractivity contribution in [2.24, 2.45) is 5.92 Å². The van der Waals surface area contributed by atoms with E-state index in [9.17, 15) is 4.79 Å². The molecule has 1 aliphatic rings. The van der Waals surface area contributed by atoms with Crippen molar-refractivity contribution in [3.05, 3.63) is 36.5 Å². The minimum absolute atomic E-state index is 0.208. The molecule has 1 aromatic carbocycles. The maximum Gasteiger partial charge on any atom is 0.306 e. The van der Waals surface area contributed by atoms with Gasteiger partial charge >= 0.3 is 5.97 Å². The van der Waals surface area contributed by atoms with E-state index in [-0.39, 0.29) is 12.0 Å². The lowest BCUT2D eigenvalue weighted by Crippen LogP contribution is -2.18. The lowest BCUT2D eigenvalue weighted by molar-refractivity contribution is -0.141. The van der Waals surface area contributed by atoms with Gasteiger partial charge in [-0.15, -0.1) is 0 Å². The first kappa shape index (κ1) is 12.0. The summed E-state index contributed by atoms with van der Waals surface area (Å²) in [5.74, 6) is -0.0446. The summed E-state index contributed by atoms with van der Waals surface area (Å²) in [5, 5.41) is 14.7. The Hall–Kier alpha value is -2.10. The fourth-order valence-electron chi connectivity index (χ4n) is 2.76. The second kappa shape index (κ2) is 4.88. The molecule has 1 aliphatic carbocycles. The molecule has 19 heavy (non-hydrogen) atoms. The first-order valence-corrected chi connectivity index (χ1v) is 6.57. The average Bonchev–Trinajstić information content (AvgIpc) is 2.88. The zero-order chi connectivity index (χ0) is 13.2. The SMILES string of the molecule is O=C(O)C1CCC(Nc2nccc3ccccc23)C1. The van der Waals surface area contributed by atoms with E-state index in [0.29, 0.717) is 6.42 Å². The first-order valence-electron chi connectivity index (χ1n) is 6.57. The Kier molecular flexibility index (Phi) is 3.07. The van der Waals surface area contributed by atoms with Crippen LogP contribution in [0, 0.1) is 5.92 Å². The summed E-state index contributed by atoms with van der Waals surface area (Å²) in [6, 6.07) is 10.3. The predicted octanol–water partition coefficient (Wildman–Crippen LogP) is 2.90. The third kappa shape index (κ3) is 2.38. The van der Waals surface area contributed by atoms with E-state index in [4.69, 9.17) is 5.11 Å². The number of carbonyl (C=O) groups is 1. The van der Waals surface area contributed by atoms with Gasteiger partial charge in [0.15, 0.2) is 0 Å². The van der Waals surface area contributed by atoms with Crippen LogP contribution in [0.1, 0.15) is 19.3 Å². The van der Waals surface area contributed by atoms with Crippen molar-refractivity contribution in [2.45, 2.75) is 25.3 Å². The number of carboxylic acids is 1. The molecule has 2 aromatic rings. The molecule has 4 nitrogen and oxygen atoms in total. The number of aliphatic carboxylic acids is 1.